The summed E-state index contributed by atoms with van der Waals surface area (Å²) in [7, 11) is 4.00. The molecule has 9 heteroatoms. The lowest BCUT2D eigenvalue weighted by atomic mass is 10.3. The Labute approximate surface area is 192 Å². The summed E-state index contributed by atoms with van der Waals surface area (Å²) in [6.45, 7) is 3.91. The molecular weight excluding hydrogens is 420 g/mol. The Morgan fingerprint density at radius 1 is 1.16 bits per heavy atom. The number of aliphatic imine (C=N–C) groups is 1. The molecule has 0 bridgehead atoms. The molecule has 0 fully saturated rings. The van der Waals surface area contributed by atoms with Crippen LogP contribution in [0.4, 0.5) is 0 Å². The van der Waals surface area contributed by atoms with E-state index >= 15 is 0 Å². The second kappa shape index (κ2) is 10.2. The number of aryl methyl sites for hydroxylation is 1. The number of hydrogen-bond donors (Lipinski definition) is 1. The maximum Gasteiger partial charge on any atom is 0.194 e. The van der Waals surface area contributed by atoms with Crippen LogP contribution in [0.5, 0.6) is 0 Å². The molecule has 0 spiro atoms. The van der Waals surface area contributed by atoms with E-state index in [4.69, 9.17) is 4.99 Å². The highest BCUT2D eigenvalue weighted by molar-refractivity contribution is 7.09. The van der Waals surface area contributed by atoms with Crippen molar-refractivity contribution in [2.45, 2.75) is 26.4 Å². The third kappa shape index (κ3) is 5.42. The molecule has 0 amide bonds. The van der Waals surface area contributed by atoms with Gasteiger partial charge in [-0.1, -0.05) is 24.3 Å². The molecule has 0 radical (unpaired) electrons. The van der Waals surface area contributed by atoms with Crippen molar-refractivity contribution in [3.63, 3.8) is 0 Å². The molecule has 166 valence electrons. The summed E-state index contributed by atoms with van der Waals surface area (Å²) in [5.41, 5.74) is 2.15. The Kier molecular flexibility index (Phi) is 6.96. The SMILES string of the molecule is Cc1nnc(CN=C(NCCc2cccs2)N(C)Cc2cnn(-c3ccccc3)c2)n1C. The molecule has 0 saturated heterocycles. The fraction of sp³-hybridized carbons (Fsp3) is 0.304. The first-order valence-corrected chi connectivity index (χ1v) is 11.4. The van der Waals surface area contributed by atoms with Gasteiger partial charge in [0.15, 0.2) is 11.8 Å². The highest BCUT2D eigenvalue weighted by Gasteiger charge is 2.11. The minimum atomic E-state index is 0.465. The second-order valence-corrected chi connectivity index (χ2v) is 8.64. The summed E-state index contributed by atoms with van der Waals surface area (Å²) in [5, 5.41) is 18.5. The smallest absolute Gasteiger partial charge is 0.194 e. The summed E-state index contributed by atoms with van der Waals surface area (Å²) in [5.74, 6) is 2.55. The van der Waals surface area contributed by atoms with Gasteiger partial charge in [0.05, 0.1) is 11.9 Å². The number of aromatic nitrogens is 5. The number of nitrogens with zero attached hydrogens (tertiary/aromatic N) is 7. The first-order valence-electron chi connectivity index (χ1n) is 10.6. The predicted molar refractivity (Wildman–Crippen MR) is 128 cm³/mol. The number of nitrogens with one attached hydrogen (secondary N) is 1. The lowest BCUT2D eigenvalue weighted by Gasteiger charge is -2.22. The number of hydrogen-bond acceptors (Lipinski definition) is 5. The molecule has 0 aliphatic heterocycles. The molecule has 4 aromatic rings. The fourth-order valence-corrected chi connectivity index (χ4v) is 4.02. The van der Waals surface area contributed by atoms with E-state index in [1.807, 2.05) is 66.8 Å². The normalized spacial score (nSPS) is 11.7. The zero-order valence-corrected chi connectivity index (χ0v) is 19.5. The minimum Gasteiger partial charge on any atom is -0.356 e. The standard InChI is InChI=1S/C23H28N8S/c1-18-27-28-22(30(18)3)15-25-23(24-12-11-21-10-7-13-32-21)29(2)16-19-14-26-31(17-19)20-8-5-4-6-9-20/h4-10,13-14,17H,11-12,15-16H2,1-3H3,(H,24,25). The molecule has 0 aliphatic rings. The van der Waals surface area contributed by atoms with Crippen molar-refractivity contribution < 1.29 is 0 Å². The summed E-state index contributed by atoms with van der Waals surface area (Å²) < 4.78 is 3.86. The predicted octanol–water partition coefficient (Wildman–Crippen LogP) is 3.19. The number of benzene rings is 1. The molecule has 8 nitrogen and oxygen atoms in total. The lowest BCUT2D eigenvalue weighted by molar-refractivity contribution is 0.474. The van der Waals surface area contributed by atoms with Crippen LogP contribution in [-0.4, -0.2) is 49.0 Å². The first-order chi connectivity index (χ1) is 15.6. The van der Waals surface area contributed by atoms with Crippen molar-refractivity contribution in [3.05, 3.63) is 82.3 Å². The van der Waals surface area contributed by atoms with Crippen molar-refractivity contribution in [2.24, 2.45) is 12.0 Å². The number of para-hydroxylation sites is 1. The van der Waals surface area contributed by atoms with Gasteiger partial charge in [-0.05, 0) is 36.9 Å². The molecule has 3 aromatic heterocycles. The van der Waals surface area contributed by atoms with Crippen LogP contribution in [0.2, 0.25) is 0 Å². The van der Waals surface area contributed by atoms with E-state index in [1.54, 1.807) is 11.3 Å². The Morgan fingerprint density at radius 3 is 2.72 bits per heavy atom. The average molecular weight is 449 g/mol. The van der Waals surface area contributed by atoms with Gasteiger partial charge in [-0.2, -0.15) is 5.10 Å². The van der Waals surface area contributed by atoms with Gasteiger partial charge >= 0.3 is 0 Å². The molecule has 1 aromatic carbocycles. The third-order valence-electron chi connectivity index (χ3n) is 5.23. The summed E-state index contributed by atoms with van der Waals surface area (Å²) in [6.07, 6.45) is 4.92. The molecular formula is C23H28N8S. The van der Waals surface area contributed by atoms with E-state index < -0.39 is 0 Å². The van der Waals surface area contributed by atoms with Gasteiger partial charge in [0, 0.05) is 43.8 Å². The molecule has 0 unspecified atom stereocenters. The van der Waals surface area contributed by atoms with Crippen molar-refractivity contribution in [1.82, 2.24) is 34.8 Å². The molecule has 32 heavy (non-hydrogen) atoms. The zero-order valence-electron chi connectivity index (χ0n) is 18.6. The number of thiophene rings is 1. The van der Waals surface area contributed by atoms with Crippen LogP contribution in [-0.2, 0) is 26.6 Å². The molecule has 3 heterocycles. The summed E-state index contributed by atoms with van der Waals surface area (Å²) in [4.78, 5) is 8.30. The fourth-order valence-electron chi connectivity index (χ4n) is 3.31. The Balaban J connectivity index is 1.45. The summed E-state index contributed by atoms with van der Waals surface area (Å²) in [6, 6.07) is 14.4. The van der Waals surface area contributed by atoms with E-state index in [-0.39, 0.29) is 0 Å². The lowest BCUT2D eigenvalue weighted by Crippen LogP contribution is -2.39. The second-order valence-electron chi connectivity index (χ2n) is 7.60. The van der Waals surface area contributed by atoms with Crippen LogP contribution in [0, 0.1) is 6.92 Å². The van der Waals surface area contributed by atoms with Crippen LogP contribution in [0.3, 0.4) is 0 Å². The Hall–Kier alpha value is -3.46. The third-order valence-corrected chi connectivity index (χ3v) is 6.16. The van der Waals surface area contributed by atoms with E-state index in [9.17, 15) is 0 Å². The molecule has 0 saturated carbocycles. The Morgan fingerprint density at radius 2 is 2.00 bits per heavy atom. The van der Waals surface area contributed by atoms with Gasteiger partial charge < -0.3 is 14.8 Å². The van der Waals surface area contributed by atoms with Crippen molar-refractivity contribution in [1.29, 1.82) is 0 Å². The van der Waals surface area contributed by atoms with Gasteiger partial charge in [-0.3, -0.25) is 0 Å². The molecule has 4 rings (SSSR count). The quantitative estimate of drug-likeness (QED) is 0.331. The van der Waals surface area contributed by atoms with E-state index in [0.29, 0.717) is 13.1 Å². The van der Waals surface area contributed by atoms with Crippen molar-refractivity contribution >= 4 is 17.3 Å². The van der Waals surface area contributed by atoms with E-state index in [0.717, 1.165) is 41.8 Å². The highest BCUT2D eigenvalue weighted by atomic mass is 32.1. The minimum absolute atomic E-state index is 0.465. The average Bonchev–Trinajstić information content (AvgIpc) is 3.55. The largest absolute Gasteiger partial charge is 0.356 e. The van der Waals surface area contributed by atoms with Crippen molar-refractivity contribution in [3.8, 4) is 5.69 Å². The van der Waals surface area contributed by atoms with Gasteiger partial charge in [0.1, 0.15) is 12.4 Å². The van der Waals surface area contributed by atoms with Gasteiger partial charge in [0.25, 0.3) is 0 Å². The van der Waals surface area contributed by atoms with Gasteiger partial charge in [-0.15, -0.1) is 21.5 Å². The highest BCUT2D eigenvalue weighted by Crippen LogP contribution is 2.11. The molecule has 0 aliphatic carbocycles. The summed E-state index contributed by atoms with van der Waals surface area (Å²) >= 11 is 1.78. The van der Waals surface area contributed by atoms with E-state index in [2.05, 4.69) is 49.2 Å². The van der Waals surface area contributed by atoms with Gasteiger partial charge in [0.2, 0.25) is 0 Å². The molecule has 0 atom stereocenters. The van der Waals surface area contributed by atoms with Crippen LogP contribution in [0.1, 0.15) is 22.1 Å². The van der Waals surface area contributed by atoms with Crippen LogP contribution < -0.4 is 5.32 Å². The van der Waals surface area contributed by atoms with E-state index in [1.165, 1.54) is 4.88 Å². The monoisotopic (exact) mass is 448 g/mol. The number of guanidine groups is 1. The first kappa shape index (κ1) is 21.8. The maximum absolute atomic E-state index is 4.83. The molecule has 1 N–H and O–H groups in total. The van der Waals surface area contributed by atoms with Crippen LogP contribution >= 0.6 is 11.3 Å². The zero-order chi connectivity index (χ0) is 22.3. The Bertz CT molecular complexity index is 1140. The van der Waals surface area contributed by atoms with Crippen molar-refractivity contribution in [2.75, 3.05) is 13.6 Å². The van der Waals surface area contributed by atoms with Gasteiger partial charge in [-0.25, -0.2) is 9.67 Å². The van der Waals surface area contributed by atoms with Crippen LogP contribution in [0.25, 0.3) is 5.69 Å². The topological polar surface area (TPSA) is 76.2 Å². The number of rotatable bonds is 8. The van der Waals surface area contributed by atoms with Crippen LogP contribution in [0.15, 0.2) is 65.2 Å². The maximum atomic E-state index is 4.83.